The lowest BCUT2D eigenvalue weighted by molar-refractivity contribution is -0.137. The fourth-order valence-electron chi connectivity index (χ4n) is 2.49. The fraction of sp³-hybridized carbons (Fsp3) is 0.263. The monoisotopic (exact) mass is 446 g/mol. The van der Waals surface area contributed by atoms with Gasteiger partial charge in [-0.15, -0.1) is 0 Å². The Bertz CT molecular complexity index is 854. The van der Waals surface area contributed by atoms with Crippen molar-refractivity contribution in [3.8, 4) is 5.75 Å². The van der Waals surface area contributed by atoms with Crippen LogP contribution in [0.15, 0.2) is 52.3 Å². The number of halogens is 1. The Kier molecular flexibility index (Phi) is 7.10. The zero-order valence-corrected chi connectivity index (χ0v) is 16.6. The van der Waals surface area contributed by atoms with E-state index in [0.29, 0.717) is 42.1 Å². The Morgan fingerprint density at radius 1 is 1.32 bits per heavy atom. The first kappa shape index (κ1) is 20.0. The van der Waals surface area contributed by atoms with E-state index in [-0.39, 0.29) is 18.4 Å². The molecule has 28 heavy (non-hydrogen) atoms. The first-order chi connectivity index (χ1) is 13.6. The number of morpholine rings is 1. The second-order valence-corrected chi connectivity index (χ2v) is 6.77. The number of nitrogens with one attached hydrogen (secondary N) is 1. The summed E-state index contributed by atoms with van der Waals surface area (Å²) in [6, 6.07) is 8.63. The van der Waals surface area contributed by atoms with Gasteiger partial charge < -0.3 is 14.4 Å². The highest BCUT2D eigenvalue weighted by Gasteiger charge is 2.17. The van der Waals surface area contributed by atoms with Crippen LogP contribution in [-0.2, 0) is 9.53 Å². The van der Waals surface area contributed by atoms with Gasteiger partial charge in [0.2, 0.25) is 0 Å². The van der Waals surface area contributed by atoms with Gasteiger partial charge in [0.25, 0.3) is 11.8 Å². The number of aromatic nitrogens is 1. The average molecular weight is 447 g/mol. The van der Waals surface area contributed by atoms with E-state index in [1.54, 1.807) is 41.4 Å². The van der Waals surface area contributed by atoms with E-state index in [1.165, 1.54) is 12.4 Å². The third kappa shape index (κ3) is 5.61. The van der Waals surface area contributed by atoms with Crippen LogP contribution in [0.3, 0.4) is 0 Å². The molecule has 2 heterocycles. The topological polar surface area (TPSA) is 93.1 Å². The molecule has 0 bridgehead atoms. The van der Waals surface area contributed by atoms with Crippen LogP contribution in [0.5, 0.6) is 5.75 Å². The first-order valence-corrected chi connectivity index (χ1v) is 9.44. The Morgan fingerprint density at radius 3 is 2.86 bits per heavy atom. The summed E-state index contributed by atoms with van der Waals surface area (Å²) >= 11 is 3.42. The molecule has 3 rings (SSSR count). The largest absolute Gasteiger partial charge is 0.483 e. The minimum Gasteiger partial charge on any atom is -0.483 e. The minimum atomic E-state index is -0.343. The van der Waals surface area contributed by atoms with Crippen molar-refractivity contribution in [3.05, 3.63) is 58.3 Å². The quantitative estimate of drug-likeness (QED) is 0.539. The predicted octanol–water partition coefficient (Wildman–Crippen LogP) is 1.85. The van der Waals surface area contributed by atoms with Crippen molar-refractivity contribution >= 4 is 34.0 Å². The third-order valence-electron chi connectivity index (χ3n) is 3.97. The minimum absolute atomic E-state index is 0.0345. The molecular formula is C19H19BrN4O4. The molecule has 1 aliphatic heterocycles. The third-order valence-corrected chi connectivity index (χ3v) is 4.59. The molecule has 0 spiro atoms. The normalized spacial score (nSPS) is 14.1. The second kappa shape index (κ2) is 9.95. The Morgan fingerprint density at radius 2 is 2.14 bits per heavy atom. The van der Waals surface area contributed by atoms with Crippen LogP contribution in [-0.4, -0.2) is 60.8 Å². The smallest absolute Gasteiger partial charge is 0.272 e. The summed E-state index contributed by atoms with van der Waals surface area (Å²) in [5.41, 5.74) is 3.62. The van der Waals surface area contributed by atoms with Gasteiger partial charge >= 0.3 is 0 Å². The van der Waals surface area contributed by atoms with Crippen molar-refractivity contribution in [1.82, 2.24) is 15.3 Å². The van der Waals surface area contributed by atoms with Gasteiger partial charge in [-0.25, -0.2) is 5.43 Å². The highest BCUT2D eigenvalue weighted by Crippen LogP contribution is 2.25. The van der Waals surface area contributed by atoms with Crippen LogP contribution in [0.4, 0.5) is 0 Å². The van der Waals surface area contributed by atoms with Crippen molar-refractivity contribution in [2.75, 3.05) is 32.9 Å². The Hall–Kier alpha value is -2.78. The molecule has 0 aliphatic carbocycles. The molecule has 2 amide bonds. The van der Waals surface area contributed by atoms with Crippen LogP contribution in [0.1, 0.15) is 15.9 Å². The molecule has 8 nitrogen and oxygen atoms in total. The molecule has 9 heteroatoms. The highest BCUT2D eigenvalue weighted by atomic mass is 79.9. The van der Waals surface area contributed by atoms with Crippen molar-refractivity contribution in [3.63, 3.8) is 0 Å². The highest BCUT2D eigenvalue weighted by molar-refractivity contribution is 9.10. The first-order valence-electron chi connectivity index (χ1n) is 8.65. The molecule has 1 saturated heterocycles. The predicted molar refractivity (Wildman–Crippen MR) is 106 cm³/mol. The number of pyridine rings is 1. The summed E-state index contributed by atoms with van der Waals surface area (Å²) in [5, 5.41) is 3.94. The van der Waals surface area contributed by atoms with Gasteiger partial charge in [0.05, 0.1) is 29.5 Å². The van der Waals surface area contributed by atoms with E-state index in [1.807, 2.05) is 0 Å². The molecule has 0 saturated carbocycles. The summed E-state index contributed by atoms with van der Waals surface area (Å²) in [7, 11) is 0. The summed E-state index contributed by atoms with van der Waals surface area (Å²) in [6.07, 6.45) is 4.57. The van der Waals surface area contributed by atoms with Gasteiger partial charge in [0.1, 0.15) is 5.75 Å². The van der Waals surface area contributed by atoms with Gasteiger partial charge in [-0.05, 0) is 51.8 Å². The SMILES string of the molecule is O=C(NN=Cc1ccc(OCC(=O)N2CCOCC2)c(Br)c1)c1cccnc1. The number of carbonyl (C=O) groups is 2. The van der Waals surface area contributed by atoms with Crippen molar-refractivity contribution in [2.45, 2.75) is 0 Å². The van der Waals surface area contributed by atoms with E-state index in [4.69, 9.17) is 9.47 Å². The number of carbonyl (C=O) groups excluding carboxylic acids is 2. The number of hydrogen-bond acceptors (Lipinski definition) is 6. The van der Waals surface area contributed by atoms with Crippen molar-refractivity contribution < 1.29 is 19.1 Å². The number of hydrazone groups is 1. The van der Waals surface area contributed by atoms with Crippen LogP contribution >= 0.6 is 15.9 Å². The summed E-state index contributed by atoms with van der Waals surface area (Å²) < 4.78 is 11.5. The number of benzene rings is 1. The molecule has 1 aromatic heterocycles. The molecule has 2 aromatic rings. The number of ether oxygens (including phenoxy) is 2. The lowest BCUT2D eigenvalue weighted by Gasteiger charge is -2.26. The van der Waals surface area contributed by atoms with Crippen LogP contribution < -0.4 is 10.2 Å². The van der Waals surface area contributed by atoms with Crippen molar-refractivity contribution in [1.29, 1.82) is 0 Å². The molecule has 0 atom stereocenters. The lowest BCUT2D eigenvalue weighted by atomic mass is 10.2. The van der Waals surface area contributed by atoms with Gasteiger partial charge in [0, 0.05) is 25.5 Å². The molecule has 146 valence electrons. The Labute approximate surface area is 170 Å². The van der Waals surface area contributed by atoms with E-state index in [2.05, 4.69) is 31.4 Å². The van der Waals surface area contributed by atoms with Crippen molar-refractivity contribution in [2.24, 2.45) is 5.10 Å². The van der Waals surface area contributed by atoms with E-state index in [9.17, 15) is 9.59 Å². The van der Waals surface area contributed by atoms with E-state index in [0.717, 1.165) is 5.56 Å². The van der Waals surface area contributed by atoms with Gasteiger partial charge in [0.15, 0.2) is 6.61 Å². The number of rotatable bonds is 6. The van der Waals surface area contributed by atoms with Crippen LogP contribution in [0.25, 0.3) is 0 Å². The molecular weight excluding hydrogens is 428 g/mol. The maximum absolute atomic E-state index is 12.1. The Balaban J connectivity index is 1.52. The summed E-state index contributed by atoms with van der Waals surface area (Å²) in [5.74, 6) is 0.141. The van der Waals surface area contributed by atoms with E-state index >= 15 is 0 Å². The molecule has 1 aromatic carbocycles. The fourth-order valence-corrected chi connectivity index (χ4v) is 3.00. The number of hydrogen-bond donors (Lipinski definition) is 1. The molecule has 0 radical (unpaired) electrons. The standard InChI is InChI=1S/C19H19BrN4O4/c20-16-10-14(11-22-23-19(26)15-2-1-5-21-12-15)3-4-17(16)28-13-18(25)24-6-8-27-9-7-24/h1-5,10-12H,6-9,13H2,(H,23,26). The van der Waals surface area contributed by atoms with Gasteiger partial charge in [-0.2, -0.15) is 5.10 Å². The maximum atomic E-state index is 12.1. The van der Waals surface area contributed by atoms with Gasteiger partial charge in [-0.1, -0.05) is 0 Å². The summed E-state index contributed by atoms with van der Waals surface area (Å²) in [6.45, 7) is 2.25. The molecule has 1 N–H and O–H groups in total. The van der Waals surface area contributed by atoms with Crippen LogP contribution in [0.2, 0.25) is 0 Å². The summed E-state index contributed by atoms with van der Waals surface area (Å²) in [4.78, 5) is 29.6. The zero-order valence-electron chi connectivity index (χ0n) is 15.0. The maximum Gasteiger partial charge on any atom is 0.272 e. The lowest BCUT2D eigenvalue weighted by Crippen LogP contribution is -2.43. The molecule has 1 aliphatic rings. The molecule has 0 unspecified atom stereocenters. The van der Waals surface area contributed by atoms with Gasteiger partial charge in [-0.3, -0.25) is 14.6 Å². The number of nitrogens with zero attached hydrogens (tertiary/aromatic N) is 3. The number of amides is 2. The van der Waals surface area contributed by atoms with E-state index < -0.39 is 0 Å². The average Bonchev–Trinajstić information content (AvgIpc) is 2.74. The zero-order chi connectivity index (χ0) is 19.8. The van der Waals surface area contributed by atoms with Crippen LogP contribution in [0, 0.1) is 0 Å². The molecule has 1 fully saturated rings. The second-order valence-electron chi connectivity index (χ2n) is 5.91.